The van der Waals surface area contributed by atoms with Crippen molar-refractivity contribution >= 4 is 28.4 Å². The molecule has 4 heteroatoms. The predicted octanol–water partition coefficient (Wildman–Crippen LogP) is 0.525. The maximum atomic E-state index is 4.62. The van der Waals surface area contributed by atoms with Gasteiger partial charge in [-0.1, -0.05) is 11.8 Å². The summed E-state index contributed by atoms with van der Waals surface area (Å²) in [5.74, 6) is 4.62. The van der Waals surface area contributed by atoms with Crippen LogP contribution in [0.3, 0.4) is 0 Å². The monoisotopic (exact) mass is 123 g/mol. The number of rotatable bonds is 0. The second-order valence-electron chi connectivity index (χ2n) is 0.572. The molecule has 0 spiro atoms. The third-order valence-electron chi connectivity index (χ3n) is 0.263. The van der Waals surface area contributed by atoms with E-state index in [1.54, 1.807) is 6.26 Å². The summed E-state index contributed by atoms with van der Waals surface area (Å²) in [5.41, 5.74) is 0. The van der Waals surface area contributed by atoms with Gasteiger partial charge in [-0.3, -0.25) is 0 Å². The molecule has 0 amide bonds. The highest BCUT2D eigenvalue weighted by atomic mass is 32.2. The van der Waals surface area contributed by atoms with Gasteiger partial charge in [-0.2, -0.15) is 5.90 Å². The first-order chi connectivity index (χ1) is 2.81. The molecule has 0 aromatic rings. The van der Waals surface area contributed by atoms with Crippen LogP contribution in [0.2, 0.25) is 0 Å². The van der Waals surface area contributed by atoms with Crippen LogP contribution in [0.15, 0.2) is 0 Å². The molecule has 0 atom stereocenters. The molecule has 0 saturated carbocycles. The molecule has 0 saturated heterocycles. The molecular weight excluding hydrogens is 118 g/mol. The minimum absolute atomic E-state index is 0.370. The number of thioether (sulfide) groups is 1. The fraction of sp³-hybridized carbons (Fsp3) is 0.500. The average Bonchev–Trinajstić information content (AvgIpc) is 1.65. The third kappa shape index (κ3) is 2.44. The zero-order chi connectivity index (χ0) is 4.99. The van der Waals surface area contributed by atoms with Crippen LogP contribution in [-0.2, 0) is 4.84 Å². The smallest absolute Gasteiger partial charge is 0.244 e. The van der Waals surface area contributed by atoms with Crippen molar-refractivity contribution < 1.29 is 4.84 Å². The number of thiocarbonyl (C=S) groups is 1. The molecule has 0 aliphatic heterocycles. The van der Waals surface area contributed by atoms with E-state index in [9.17, 15) is 0 Å². The minimum atomic E-state index is 0.370. The summed E-state index contributed by atoms with van der Waals surface area (Å²) in [6.07, 6.45) is 1.80. The fourth-order valence-corrected chi connectivity index (χ4v) is 0.144. The van der Waals surface area contributed by atoms with Crippen LogP contribution in [0.5, 0.6) is 0 Å². The second kappa shape index (κ2) is 3.39. The largest absolute Gasteiger partial charge is 0.393 e. The van der Waals surface area contributed by atoms with E-state index in [0.717, 1.165) is 0 Å². The normalized spacial score (nSPS) is 7.67. The zero-order valence-corrected chi connectivity index (χ0v) is 4.94. The molecule has 2 nitrogen and oxygen atoms in total. The molecule has 0 bridgehead atoms. The lowest BCUT2D eigenvalue weighted by Crippen LogP contribution is -2.01. The lowest BCUT2D eigenvalue weighted by molar-refractivity contribution is 0.340. The predicted molar refractivity (Wildman–Crippen MR) is 31.4 cm³/mol. The van der Waals surface area contributed by atoms with Crippen LogP contribution < -0.4 is 5.90 Å². The van der Waals surface area contributed by atoms with Crippen LogP contribution in [0, 0.1) is 0 Å². The van der Waals surface area contributed by atoms with Crippen molar-refractivity contribution in [3.8, 4) is 0 Å². The Kier molecular flexibility index (Phi) is 3.51. The Morgan fingerprint density at radius 2 is 2.50 bits per heavy atom. The number of hydrogen-bond donors (Lipinski definition) is 1. The van der Waals surface area contributed by atoms with Gasteiger partial charge in [-0.25, -0.2) is 0 Å². The van der Waals surface area contributed by atoms with Crippen LogP contribution in [0.4, 0.5) is 0 Å². The van der Waals surface area contributed by atoms with Gasteiger partial charge >= 0.3 is 0 Å². The van der Waals surface area contributed by atoms with E-state index in [1.807, 2.05) is 0 Å². The van der Waals surface area contributed by atoms with Crippen molar-refractivity contribution in [2.24, 2.45) is 5.90 Å². The maximum absolute atomic E-state index is 4.62. The van der Waals surface area contributed by atoms with E-state index in [1.165, 1.54) is 11.8 Å². The summed E-state index contributed by atoms with van der Waals surface area (Å²) in [4.78, 5) is 4.09. The maximum Gasteiger partial charge on any atom is 0.244 e. The van der Waals surface area contributed by atoms with Gasteiger partial charge in [0.2, 0.25) is 4.38 Å². The molecule has 2 N–H and O–H groups in total. The first-order valence-electron chi connectivity index (χ1n) is 1.26. The Morgan fingerprint density at radius 1 is 2.00 bits per heavy atom. The molecule has 6 heavy (non-hydrogen) atoms. The highest BCUT2D eigenvalue weighted by Crippen LogP contribution is 1.94. The van der Waals surface area contributed by atoms with Crippen LogP contribution >= 0.6 is 24.0 Å². The van der Waals surface area contributed by atoms with Gasteiger partial charge in [0, 0.05) is 0 Å². The molecule has 0 aliphatic rings. The topological polar surface area (TPSA) is 35.2 Å². The van der Waals surface area contributed by atoms with Crippen molar-refractivity contribution in [3.63, 3.8) is 0 Å². The van der Waals surface area contributed by atoms with E-state index < -0.39 is 0 Å². The molecule has 0 aliphatic carbocycles. The summed E-state index contributed by atoms with van der Waals surface area (Å²) >= 11 is 5.78. The van der Waals surface area contributed by atoms with E-state index in [4.69, 9.17) is 0 Å². The molecular formula is C2H5NOS2. The van der Waals surface area contributed by atoms with E-state index in [0.29, 0.717) is 4.38 Å². The summed E-state index contributed by atoms with van der Waals surface area (Å²) in [7, 11) is 0. The van der Waals surface area contributed by atoms with Gasteiger partial charge < -0.3 is 4.84 Å². The van der Waals surface area contributed by atoms with Crippen LogP contribution in [0.25, 0.3) is 0 Å². The highest BCUT2D eigenvalue weighted by Gasteiger charge is 1.83. The molecule has 0 unspecified atom stereocenters. The minimum Gasteiger partial charge on any atom is -0.393 e. The number of nitrogens with two attached hydrogens (primary N) is 1. The van der Waals surface area contributed by atoms with Crippen molar-refractivity contribution in [2.75, 3.05) is 6.26 Å². The van der Waals surface area contributed by atoms with E-state index in [2.05, 4.69) is 23.0 Å². The Balaban J connectivity index is 2.99. The van der Waals surface area contributed by atoms with Crippen molar-refractivity contribution in [1.29, 1.82) is 0 Å². The van der Waals surface area contributed by atoms with Gasteiger partial charge in [-0.05, 0) is 18.5 Å². The third-order valence-corrected chi connectivity index (χ3v) is 1.29. The molecule has 0 aromatic heterocycles. The van der Waals surface area contributed by atoms with Gasteiger partial charge in [0.1, 0.15) is 0 Å². The van der Waals surface area contributed by atoms with E-state index in [-0.39, 0.29) is 0 Å². The Hall–Kier alpha value is 0.200. The molecule has 36 valence electrons. The second-order valence-corrected chi connectivity index (χ2v) is 1.98. The molecule has 0 rings (SSSR count). The van der Waals surface area contributed by atoms with Gasteiger partial charge in [0.15, 0.2) is 0 Å². The lowest BCUT2D eigenvalue weighted by Gasteiger charge is -1.89. The Labute approximate surface area is 46.0 Å². The van der Waals surface area contributed by atoms with Crippen molar-refractivity contribution in [1.82, 2.24) is 0 Å². The van der Waals surface area contributed by atoms with E-state index >= 15 is 0 Å². The summed E-state index contributed by atoms with van der Waals surface area (Å²) < 4.78 is 0.370. The zero-order valence-electron chi connectivity index (χ0n) is 3.30. The van der Waals surface area contributed by atoms with Crippen LogP contribution in [-0.4, -0.2) is 10.6 Å². The first kappa shape index (κ1) is 6.20. The first-order valence-corrected chi connectivity index (χ1v) is 2.89. The lowest BCUT2D eigenvalue weighted by atomic mass is 11.7. The highest BCUT2D eigenvalue weighted by molar-refractivity contribution is 8.22. The molecule has 0 radical (unpaired) electrons. The average molecular weight is 123 g/mol. The van der Waals surface area contributed by atoms with Crippen molar-refractivity contribution in [2.45, 2.75) is 0 Å². The van der Waals surface area contributed by atoms with Gasteiger partial charge in [-0.15, -0.1) is 0 Å². The summed E-state index contributed by atoms with van der Waals surface area (Å²) in [6, 6.07) is 0. The SMILES string of the molecule is CSC(=S)ON. The number of hydrogen-bond acceptors (Lipinski definition) is 4. The quantitative estimate of drug-likeness (QED) is 0.376. The van der Waals surface area contributed by atoms with Crippen LogP contribution in [0.1, 0.15) is 0 Å². The van der Waals surface area contributed by atoms with Gasteiger partial charge in [0.25, 0.3) is 0 Å². The Morgan fingerprint density at radius 3 is 2.50 bits per heavy atom. The molecule has 0 aromatic carbocycles. The van der Waals surface area contributed by atoms with Gasteiger partial charge in [0.05, 0.1) is 0 Å². The summed E-state index contributed by atoms with van der Waals surface area (Å²) in [5, 5.41) is 0. The fourth-order valence-electron chi connectivity index (χ4n) is 0.0481. The molecule has 0 fully saturated rings. The molecule has 0 heterocycles. The van der Waals surface area contributed by atoms with Crippen molar-refractivity contribution in [3.05, 3.63) is 0 Å². The Bertz CT molecular complexity index is 49.5. The standard InChI is InChI=1S/C2H5NOS2/c1-6-2(5)4-3/h3H2,1H3. The summed E-state index contributed by atoms with van der Waals surface area (Å²) in [6.45, 7) is 0.